The number of para-hydroxylation sites is 1. The molecule has 2 aromatic carbocycles. The lowest BCUT2D eigenvalue weighted by molar-refractivity contribution is -0.123. The second-order valence-corrected chi connectivity index (χ2v) is 11.6. The first-order chi connectivity index (χ1) is 20.0. The van der Waals surface area contributed by atoms with Gasteiger partial charge in [0, 0.05) is 11.8 Å². The van der Waals surface area contributed by atoms with Crippen LogP contribution in [0.4, 0.5) is 10.2 Å². The monoisotopic (exact) mass is 583 g/mol. The third-order valence-electron chi connectivity index (χ3n) is 6.85. The van der Waals surface area contributed by atoms with E-state index in [1.54, 1.807) is 34.3 Å². The van der Waals surface area contributed by atoms with Crippen LogP contribution in [0.1, 0.15) is 27.6 Å². The first kappa shape index (κ1) is 26.9. The first-order valence-electron chi connectivity index (χ1n) is 13.1. The summed E-state index contributed by atoms with van der Waals surface area (Å²) in [5, 5.41) is 9.66. The van der Waals surface area contributed by atoms with Gasteiger partial charge in [-0.2, -0.15) is 5.10 Å². The van der Waals surface area contributed by atoms with Crippen LogP contribution in [0.5, 0.6) is 0 Å². The maximum atomic E-state index is 13.9. The molecule has 2 amide bonds. The molecule has 41 heavy (non-hydrogen) atoms. The lowest BCUT2D eigenvalue weighted by Gasteiger charge is -2.23. The SMILES string of the molecule is Cc1ccccc1-n1nc(-c2cccs2)c2c1N(CC(=O)NCc1ccccn1)C(=O)CS[C@@H]2c1ccc(F)cc1. The van der Waals surface area contributed by atoms with E-state index in [0.29, 0.717) is 5.82 Å². The molecule has 0 saturated carbocycles. The summed E-state index contributed by atoms with van der Waals surface area (Å²) < 4.78 is 15.7. The highest BCUT2D eigenvalue weighted by atomic mass is 32.2. The maximum absolute atomic E-state index is 13.9. The third kappa shape index (κ3) is 5.53. The van der Waals surface area contributed by atoms with Crippen molar-refractivity contribution < 1.29 is 14.0 Å². The lowest BCUT2D eigenvalue weighted by Crippen LogP contribution is -2.42. The molecule has 1 aliphatic heterocycles. The highest BCUT2D eigenvalue weighted by Crippen LogP contribution is 2.49. The minimum Gasteiger partial charge on any atom is -0.349 e. The number of nitrogens with zero attached hydrogens (tertiary/aromatic N) is 4. The molecule has 1 atom stereocenters. The summed E-state index contributed by atoms with van der Waals surface area (Å²) in [6.07, 6.45) is 1.67. The normalized spacial score (nSPS) is 14.9. The van der Waals surface area contributed by atoms with Crippen LogP contribution in [0.25, 0.3) is 16.3 Å². The fourth-order valence-corrected chi connectivity index (χ4v) is 6.80. The van der Waals surface area contributed by atoms with E-state index in [-0.39, 0.29) is 41.7 Å². The van der Waals surface area contributed by atoms with Crippen molar-refractivity contribution in [2.24, 2.45) is 0 Å². The molecule has 1 aliphatic rings. The molecule has 0 spiro atoms. The van der Waals surface area contributed by atoms with Crippen LogP contribution in [0.2, 0.25) is 0 Å². The van der Waals surface area contributed by atoms with Crippen molar-refractivity contribution in [3.8, 4) is 16.3 Å². The Kier molecular flexibility index (Phi) is 7.67. The standard InChI is InChI=1S/C31H26FN5O2S2/c1-20-7-2-3-9-24(20)37-31-28(29(35-37)25-10-6-16-40-25)30(21-11-13-22(32)14-12-21)41-19-27(39)36(31)18-26(38)34-17-23-8-4-5-15-33-23/h2-16,30H,17-19H2,1H3,(H,34,38)/t30-/m1/s1. The number of nitrogens with one attached hydrogen (secondary N) is 1. The molecule has 7 nitrogen and oxygen atoms in total. The minimum absolute atomic E-state index is 0.141. The van der Waals surface area contributed by atoms with Gasteiger partial charge in [0.1, 0.15) is 23.9 Å². The fraction of sp³-hybridized carbons (Fsp3) is 0.161. The highest BCUT2D eigenvalue weighted by Gasteiger charge is 2.38. The van der Waals surface area contributed by atoms with E-state index in [4.69, 9.17) is 5.10 Å². The van der Waals surface area contributed by atoms with Crippen molar-refractivity contribution in [1.29, 1.82) is 0 Å². The number of aryl methyl sites for hydroxylation is 1. The Morgan fingerprint density at radius 2 is 1.85 bits per heavy atom. The summed E-state index contributed by atoms with van der Waals surface area (Å²) in [6.45, 7) is 2.05. The molecule has 6 rings (SSSR count). The second-order valence-electron chi connectivity index (χ2n) is 9.58. The van der Waals surface area contributed by atoms with Crippen LogP contribution >= 0.6 is 23.1 Å². The molecule has 0 aliphatic carbocycles. The van der Waals surface area contributed by atoms with Gasteiger partial charge in [-0.05, 0) is 59.8 Å². The van der Waals surface area contributed by atoms with Gasteiger partial charge in [-0.25, -0.2) is 9.07 Å². The van der Waals surface area contributed by atoms with Crippen molar-refractivity contribution >= 4 is 40.7 Å². The number of thiophene rings is 1. The van der Waals surface area contributed by atoms with Crippen molar-refractivity contribution in [2.75, 3.05) is 17.2 Å². The Bertz CT molecular complexity index is 1690. The van der Waals surface area contributed by atoms with Gasteiger partial charge in [0.25, 0.3) is 0 Å². The largest absolute Gasteiger partial charge is 0.349 e. The molecule has 0 unspecified atom stereocenters. The Morgan fingerprint density at radius 1 is 1.05 bits per heavy atom. The zero-order chi connectivity index (χ0) is 28.3. The number of halogens is 1. The molecule has 0 radical (unpaired) electrons. The number of aromatic nitrogens is 3. The van der Waals surface area contributed by atoms with Crippen LogP contribution in [-0.2, 0) is 16.1 Å². The Morgan fingerprint density at radius 3 is 2.59 bits per heavy atom. The van der Waals surface area contributed by atoms with E-state index < -0.39 is 0 Å². The number of hydrogen-bond acceptors (Lipinski definition) is 6. The van der Waals surface area contributed by atoms with Gasteiger partial charge in [0.05, 0.1) is 33.8 Å². The predicted molar refractivity (Wildman–Crippen MR) is 161 cm³/mol. The average molecular weight is 584 g/mol. The number of amides is 2. The highest BCUT2D eigenvalue weighted by molar-refractivity contribution is 8.00. The maximum Gasteiger partial charge on any atom is 0.240 e. The van der Waals surface area contributed by atoms with E-state index >= 15 is 0 Å². The van der Waals surface area contributed by atoms with Crippen LogP contribution in [0, 0.1) is 12.7 Å². The molecule has 3 aromatic heterocycles. The zero-order valence-electron chi connectivity index (χ0n) is 22.2. The number of fused-ring (bicyclic) bond motifs is 1. The van der Waals surface area contributed by atoms with Crippen molar-refractivity contribution in [3.05, 3.63) is 119 Å². The van der Waals surface area contributed by atoms with Crippen molar-refractivity contribution in [3.63, 3.8) is 0 Å². The lowest BCUT2D eigenvalue weighted by atomic mass is 10.0. The van der Waals surface area contributed by atoms with Gasteiger partial charge in [-0.15, -0.1) is 23.1 Å². The van der Waals surface area contributed by atoms with E-state index in [2.05, 4.69) is 10.3 Å². The van der Waals surface area contributed by atoms with E-state index in [0.717, 1.165) is 38.6 Å². The molecule has 10 heteroatoms. The molecule has 0 bridgehead atoms. The summed E-state index contributed by atoms with van der Waals surface area (Å²) in [4.78, 5) is 33.8. The molecule has 1 N–H and O–H groups in total. The topological polar surface area (TPSA) is 80.1 Å². The van der Waals surface area contributed by atoms with Gasteiger partial charge < -0.3 is 5.32 Å². The van der Waals surface area contributed by atoms with E-state index in [9.17, 15) is 14.0 Å². The van der Waals surface area contributed by atoms with E-state index in [1.165, 1.54) is 28.8 Å². The van der Waals surface area contributed by atoms with Crippen molar-refractivity contribution in [1.82, 2.24) is 20.1 Å². The first-order valence-corrected chi connectivity index (χ1v) is 15.0. The number of carbonyl (C=O) groups excluding carboxylic acids is 2. The molecular formula is C31H26FN5O2S2. The smallest absolute Gasteiger partial charge is 0.240 e. The number of benzene rings is 2. The Balaban J connectivity index is 1.51. The number of pyridine rings is 1. The third-order valence-corrected chi connectivity index (χ3v) is 8.99. The second kappa shape index (κ2) is 11.7. The van der Waals surface area contributed by atoms with Gasteiger partial charge in [0.15, 0.2) is 0 Å². The molecular weight excluding hydrogens is 558 g/mol. The molecule has 4 heterocycles. The molecule has 206 valence electrons. The molecule has 5 aromatic rings. The Labute approximate surface area is 245 Å². The van der Waals surface area contributed by atoms with Crippen LogP contribution in [-0.4, -0.2) is 38.9 Å². The van der Waals surface area contributed by atoms with E-state index in [1.807, 2.05) is 66.9 Å². The minimum atomic E-state index is -0.330. The summed E-state index contributed by atoms with van der Waals surface area (Å²) >= 11 is 3.01. The summed E-state index contributed by atoms with van der Waals surface area (Å²) in [5.74, 6) is -0.164. The number of thioether (sulfide) groups is 1. The number of hydrogen-bond donors (Lipinski definition) is 1. The average Bonchev–Trinajstić information content (AvgIpc) is 3.63. The number of rotatable bonds is 7. The van der Waals surface area contributed by atoms with Crippen LogP contribution < -0.4 is 10.2 Å². The quantitative estimate of drug-likeness (QED) is 0.257. The molecule has 0 fully saturated rings. The van der Waals surface area contributed by atoms with Gasteiger partial charge in [-0.1, -0.05) is 42.5 Å². The predicted octanol–water partition coefficient (Wildman–Crippen LogP) is 5.93. The number of carbonyl (C=O) groups is 2. The summed E-state index contributed by atoms with van der Waals surface area (Å²) in [5.41, 5.74) is 4.90. The molecule has 0 saturated heterocycles. The van der Waals surface area contributed by atoms with Gasteiger partial charge >= 0.3 is 0 Å². The van der Waals surface area contributed by atoms with Crippen LogP contribution in [0.3, 0.4) is 0 Å². The van der Waals surface area contributed by atoms with Gasteiger partial charge in [0.2, 0.25) is 11.8 Å². The Hall–Kier alpha value is -4.28. The summed E-state index contributed by atoms with van der Waals surface area (Å²) in [7, 11) is 0. The van der Waals surface area contributed by atoms with Gasteiger partial charge in [-0.3, -0.25) is 19.5 Å². The fourth-order valence-electron chi connectivity index (χ4n) is 4.88. The van der Waals surface area contributed by atoms with Crippen LogP contribution in [0.15, 0.2) is 90.4 Å². The summed E-state index contributed by atoms with van der Waals surface area (Å²) in [6, 6.07) is 23.7. The number of anilines is 1. The zero-order valence-corrected chi connectivity index (χ0v) is 23.8. The van der Waals surface area contributed by atoms with Crippen molar-refractivity contribution in [2.45, 2.75) is 18.7 Å².